The molecule has 0 N–H and O–H groups in total. The summed E-state index contributed by atoms with van der Waals surface area (Å²) in [6.45, 7) is 7.49. The highest BCUT2D eigenvalue weighted by molar-refractivity contribution is 5.00. The predicted molar refractivity (Wildman–Crippen MR) is 77.7 cm³/mol. The molecule has 1 atom stereocenters. The van der Waals surface area contributed by atoms with Crippen LogP contribution in [0, 0.1) is 0 Å². The molecule has 1 unspecified atom stereocenters. The standard InChI is InChI=1S/C15H26N4O/c1-2-7-19-12-16-17-15(19)13-4-3-8-18(11-13)14-5-9-20-10-6-14/h12-14H,2-11H2,1H3. The Morgan fingerprint density at radius 2 is 2.15 bits per heavy atom. The predicted octanol–water partition coefficient (Wildman–Crippen LogP) is 2.05. The van der Waals surface area contributed by atoms with Gasteiger partial charge in [0.1, 0.15) is 12.2 Å². The third-order valence-corrected chi connectivity index (χ3v) is 4.64. The summed E-state index contributed by atoms with van der Waals surface area (Å²) in [7, 11) is 0. The van der Waals surface area contributed by atoms with Crippen LogP contribution in [0.3, 0.4) is 0 Å². The first-order valence-electron chi connectivity index (χ1n) is 8.08. The summed E-state index contributed by atoms with van der Waals surface area (Å²) in [6.07, 6.45) is 7.94. The van der Waals surface area contributed by atoms with Crippen molar-refractivity contribution < 1.29 is 4.74 Å². The molecule has 1 aromatic heterocycles. The lowest BCUT2D eigenvalue weighted by Gasteiger charge is -2.39. The van der Waals surface area contributed by atoms with Crippen LogP contribution < -0.4 is 0 Å². The fourth-order valence-electron chi connectivity index (χ4n) is 3.59. The van der Waals surface area contributed by atoms with Gasteiger partial charge in [-0.25, -0.2) is 0 Å². The fraction of sp³-hybridized carbons (Fsp3) is 0.867. The Kier molecular flexibility index (Phi) is 4.68. The molecule has 2 aliphatic heterocycles. The van der Waals surface area contributed by atoms with Gasteiger partial charge in [-0.15, -0.1) is 10.2 Å². The van der Waals surface area contributed by atoms with Crippen LogP contribution in [0.2, 0.25) is 0 Å². The number of aryl methyl sites for hydroxylation is 1. The van der Waals surface area contributed by atoms with Gasteiger partial charge >= 0.3 is 0 Å². The Hall–Kier alpha value is -0.940. The molecule has 3 heterocycles. The molecule has 1 aromatic rings. The lowest BCUT2D eigenvalue weighted by atomic mass is 9.94. The Balaban J connectivity index is 1.66. The second-order valence-corrected chi connectivity index (χ2v) is 6.06. The SMILES string of the molecule is CCCn1cnnc1C1CCCN(C2CCOCC2)C1. The molecule has 0 bridgehead atoms. The van der Waals surface area contributed by atoms with Crippen molar-refractivity contribution in [1.29, 1.82) is 0 Å². The zero-order valence-electron chi connectivity index (χ0n) is 12.5. The fourth-order valence-corrected chi connectivity index (χ4v) is 3.59. The van der Waals surface area contributed by atoms with E-state index in [0.29, 0.717) is 12.0 Å². The molecule has 0 radical (unpaired) electrons. The van der Waals surface area contributed by atoms with Crippen LogP contribution in [0.25, 0.3) is 0 Å². The number of hydrogen-bond donors (Lipinski definition) is 0. The van der Waals surface area contributed by atoms with Crippen molar-refractivity contribution in [1.82, 2.24) is 19.7 Å². The normalized spacial score (nSPS) is 25.9. The summed E-state index contributed by atoms with van der Waals surface area (Å²) < 4.78 is 7.74. The van der Waals surface area contributed by atoms with Gasteiger partial charge in [-0.2, -0.15) is 0 Å². The minimum absolute atomic E-state index is 0.556. The number of ether oxygens (including phenoxy) is 1. The third kappa shape index (κ3) is 3.04. The maximum atomic E-state index is 5.49. The second-order valence-electron chi connectivity index (χ2n) is 6.06. The van der Waals surface area contributed by atoms with Crippen LogP contribution in [0.4, 0.5) is 0 Å². The lowest BCUT2D eigenvalue weighted by molar-refractivity contribution is 0.0233. The molecule has 2 fully saturated rings. The van der Waals surface area contributed by atoms with Gasteiger partial charge in [0.15, 0.2) is 0 Å². The van der Waals surface area contributed by atoms with Crippen molar-refractivity contribution in [2.24, 2.45) is 0 Å². The Labute approximate surface area is 121 Å². The van der Waals surface area contributed by atoms with E-state index in [4.69, 9.17) is 4.74 Å². The van der Waals surface area contributed by atoms with Crippen molar-refractivity contribution in [2.75, 3.05) is 26.3 Å². The number of hydrogen-bond acceptors (Lipinski definition) is 4. The maximum absolute atomic E-state index is 5.49. The first-order chi connectivity index (χ1) is 9.88. The van der Waals surface area contributed by atoms with Crippen LogP contribution >= 0.6 is 0 Å². The van der Waals surface area contributed by atoms with Crippen molar-refractivity contribution in [3.05, 3.63) is 12.2 Å². The highest BCUT2D eigenvalue weighted by atomic mass is 16.5. The molecule has 5 heteroatoms. The van der Waals surface area contributed by atoms with Gasteiger partial charge in [0.05, 0.1) is 0 Å². The van der Waals surface area contributed by atoms with Crippen molar-refractivity contribution >= 4 is 0 Å². The highest BCUT2D eigenvalue weighted by Gasteiger charge is 2.30. The van der Waals surface area contributed by atoms with Gasteiger partial charge in [-0.1, -0.05) is 6.92 Å². The van der Waals surface area contributed by atoms with Crippen molar-refractivity contribution in [3.63, 3.8) is 0 Å². The van der Waals surface area contributed by atoms with E-state index in [1.165, 1.54) is 38.1 Å². The Bertz CT molecular complexity index is 414. The van der Waals surface area contributed by atoms with E-state index in [2.05, 4.69) is 26.6 Å². The molecule has 0 aliphatic carbocycles. The average molecular weight is 278 g/mol. The monoisotopic (exact) mass is 278 g/mol. The summed E-state index contributed by atoms with van der Waals surface area (Å²) in [6, 6.07) is 0.717. The maximum Gasteiger partial charge on any atom is 0.137 e. The molecule has 0 aromatic carbocycles. The second kappa shape index (κ2) is 6.68. The Morgan fingerprint density at radius 3 is 2.95 bits per heavy atom. The van der Waals surface area contributed by atoms with Gasteiger partial charge in [0.2, 0.25) is 0 Å². The molecule has 0 amide bonds. The van der Waals surface area contributed by atoms with Gasteiger partial charge in [-0.05, 0) is 38.6 Å². The van der Waals surface area contributed by atoms with Crippen LogP contribution in [0.5, 0.6) is 0 Å². The summed E-state index contributed by atoms with van der Waals surface area (Å²) in [5, 5.41) is 8.53. The molecule has 0 saturated carbocycles. The van der Waals surface area contributed by atoms with Gasteiger partial charge in [-0.3, -0.25) is 4.90 Å². The zero-order valence-corrected chi connectivity index (χ0v) is 12.5. The van der Waals surface area contributed by atoms with Crippen LogP contribution in [0.1, 0.15) is 50.8 Å². The zero-order chi connectivity index (χ0) is 13.8. The summed E-state index contributed by atoms with van der Waals surface area (Å²) in [4.78, 5) is 2.67. The molecule has 5 nitrogen and oxygen atoms in total. The lowest BCUT2D eigenvalue weighted by Crippen LogP contribution is -2.45. The number of nitrogens with zero attached hydrogens (tertiary/aromatic N) is 4. The quantitative estimate of drug-likeness (QED) is 0.845. The van der Waals surface area contributed by atoms with Crippen molar-refractivity contribution in [2.45, 2.75) is 57.5 Å². The molecular weight excluding hydrogens is 252 g/mol. The number of likely N-dealkylation sites (tertiary alicyclic amines) is 1. The van der Waals surface area contributed by atoms with Crippen LogP contribution in [0.15, 0.2) is 6.33 Å². The van der Waals surface area contributed by atoms with Gasteiger partial charge < -0.3 is 9.30 Å². The summed E-state index contributed by atoms with van der Waals surface area (Å²) in [5.74, 6) is 1.75. The van der Waals surface area contributed by atoms with E-state index < -0.39 is 0 Å². The van der Waals surface area contributed by atoms with E-state index in [9.17, 15) is 0 Å². The topological polar surface area (TPSA) is 43.2 Å². The van der Waals surface area contributed by atoms with Crippen LogP contribution in [-0.4, -0.2) is 52.0 Å². The largest absolute Gasteiger partial charge is 0.381 e. The molecule has 20 heavy (non-hydrogen) atoms. The molecule has 112 valence electrons. The number of aromatic nitrogens is 3. The van der Waals surface area contributed by atoms with E-state index in [-0.39, 0.29) is 0 Å². The minimum Gasteiger partial charge on any atom is -0.381 e. The molecular formula is C15H26N4O. The first kappa shape index (κ1) is 14.0. The van der Waals surface area contributed by atoms with E-state index in [1.54, 1.807) is 0 Å². The number of rotatable bonds is 4. The first-order valence-corrected chi connectivity index (χ1v) is 8.08. The van der Waals surface area contributed by atoms with Gasteiger partial charge in [0, 0.05) is 38.3 Å². The minimum atomic E-state index is 0.556. The average Bonchev–Trinajstić information content (AvgIpc) is 2.97. The highest BCUT2D eigenvalue weighted by Crippen LogP contribution is 2.28. The summed E-state index contributed by atoms with van der Waals surface area (Å²) >= 11 is 0. The molecule has 2 aliphatic rings. The smallest absolute Gasteiger partial charge is 0.137 e. The molecule has 2 saturated heterocycles. The van der Waals surface area contributed by atoms with E-state index in [1.807, 2.05) is 6.33 Å². The van der Waals surface area contributed by atoms with E-state index in [0.717, 1.165) is 32.7 Å². The molecule has 3 rings (SSSR count). The van der Waals surface area contributed by atoms with E-state index >= 15 is 0 Å². The third-order valence-electron chi connectivity index (χ3n) is 4.64. The van der Waals surface area contributed by atoms with Crippen LogP contribution in [-0.2, 0) is 11.3 Å². The Morgan fingerprint density at radius 1 is 1.30 bits per heavy atom. The molecule has 0 spiro atoms. The summed E-state index contributed by atoms with van der Waals surface area (Å²) in [5.41, 5.74) is 0. The van der Waals surface area contributed by atoms with Crippen molar-refractivity contribution in [3.8, 4) is 0 Å². The van der Waals surface area contributed by atoms with Gasteiger partial charge in [0.25, 0.3) is 0 Å². The number of piperidine rings is 1.